The van der Waals surface area contributed by atoms with Gasteiger partial charge in [-0.25, -0.2) is 13.8 Å². The van der Waals surface area contributed by atoms with Gasteiger partial charge in [0.15, 0.2) is 5.13 Å². The van der Waals surface area contributed by atoms with Gasteiger partial charge in [0.25, 0.3) is 0 Å². The van der Waals surface area contributed by atoms with Crippen LogP contribution >= 0.6 is 34.9 Å². The van der Waals surface area contributed by atoms with Gasteiger partial charge in [-0.15, -0.1) is 11.3 Å². The van der Waals surface area contributed by atoms with Gasteiger partial charge in [-0.3, -0.25) is 4.31 Å². The smallest absolute Gasteiger partial charge is 0.195 e. The van der Waals surface area contributed by atoms with Gasteiger partial charge in [0.1, 0.15) is 23.1 Å². The summed E-state index contributed by atoms with van der Waals surface area (Å²) in [5.74, 6) is 0.525. The number of rotatable bonds is 10. The maximum Gasteiger partial charge on any atom is 0.195 e. The summed E-state index contributed by atoms with van der Waals surface area (Å²) < 4.78 is 42.1. The van der Waals surface area contributed by atoms with E-state index < -0.39 is 11.9 Å². The van der Waals surface area contributed by atoms with Crippen LogP contribution in [0.4, 0.5) is 19.6 Å². The molecule has 0 saturated carbocycles. The molecule has 10 heteroatoms. The summed E-state index contributed by atoms with van der Waals surface area (Å²) in [5.41, 5.74) is 1.73. The fourth-order valence-electron chi connectivity index (χ4n) is 3.58. The molecule has 0 aliphatic heterocycles. The van der Waals surface area contributed by atoms with Crippen LogP contribution in [0.5, 0.6) is 11.5 Å². The molecule has 1 heterocycles. The van der Waals surface area contributed by atoms with E-state index in [0.717, 1.165) is 5.56 Å². The predicted molar refractivity (Wildman–Crippen MR) is 144 cm³/mol. The van der Waals surface area contributed by atoms with E-state index in [0.29, 0.717) is 44.3 Å². The van der Waals surface area contributed by atoms with Crippen LogP contribution in [0.3, 0.4) is 0 Å². The Morgan fingerprint density at radius 1 is 1.08 bits per heavy atom. The number of hydrogen-bond donors (Lipinski definition) is 1. The van der Waals surface area contributed by atoms with Gasteiger partial charge in [0, 0.05) is 28.8 Å². The molecule has 0 spiro atoms. The van der Waals surface area contributed by atoms with E-state index in [9.17, 15) is 4.39 Å². The first kappa shape index (κ1) is 26.1. The summed E-state index contributed by atoms with van der Waals surface area (Å²) in [4.78, 5) is 4.73. The van der Waals surface area contributed by atoms with Crippen molar-refractivity contribution in [3.8, 4) is 11.5 Å². The van der Waals surface area contributed by atoms with E-state index in [1.54, 1.807) is 57.7 Å². The normalized spacial score (nSPS) is 11.7. The number of nitrogens with zero attached hydrogens (tertiary/aromatic N) is 2. The van der Waals surface area contributed by atoms with E-state index in [1.807, 2.05) is 21.8 Å². The number of benzene rings is 3. The van der Waals surface area contributed by atoms with E-state index in [4.69, 9.17) is 21.1 Å². The summed E-state index contributed by atoms with van der Waals surface area (Å²) in [6.45, 7) is 2.19. The van der Waals surface area contributed by atoms with E-state index in [-0.39, 0.29) is 5.82 Å². The van der Waals surface area contributed by atoms with Crippen LogP contribution in [0, 0.1) is 11.6 Å². The zero-order chi connectivity index (χ0) is 25.7. The molecule has 5 nitrogen and oxygen atoms in total. The van der Waals surface area contributed by atoms with Crippen molar-refractivity contribution < 1.29 is 18.3 Å². The number of nitrogens with one attached hydrogen (secondary N) is 1. The molecule has 0 aliphatic carbocycles. The third-order valence-electron chi connectivity index (χ3n) is 5.41. The van der Waals surface area contributed by atoms with Crippen LogP contribution in [0.25, 0.3) is 0 Å². The summed E-state index contributed by atoms with van der Waals surface area (Å²) >= 11 is 9.14. The highest BCUT2D eigenvalue weighted by atomic mass is 35.5. The molecule has 0 bridgehead atoms. The van der Waals surface area contributed by atoms with E-state index >= 15 is 4.39 Å². The van der Waals surface area contributed by atoms with Crippen molar-refractivity contribution in [3.63, 3.8) is 0 Å². The third-order valence-corrected chi connectivity index (χ3v) is 7.67. The summed E-state index contributed by atoms with van der Waals surface area (Å²) in [6, 6.07) is 14.5. The minimum absolute atomic E-state index is 0.322. The van der Waals surface area contributed by atoms with Gasteiger partial charge >= 0.3 is 0 Å². The Hall–Kier alpha value is -3.01. The SMILES string of the molecule is COc1ccc(CN(Sc2cc(Cl)c(N[C@@H](C)c3ccccc3F)cc2F)c2nccs2)c(OC)c1. The van der Waals surface area contributed by atoms with Gasteiger partial charge in [-0.05, 0) is 49.2 Å². The van der Waals surface area contributed by atoms with Crippen LogP contribution in [-0.4, -0.2) is 19.2 Å². The molecular formula is C26H24ClF2N3O2S2. The lowest BCUT2D eigenvalue weighted by Gasteiger charge is -2.23. The monoisotopic (exact) mass is 547 g/mol. The zero-order valence-electron chi connectivity index (χ0n) is 19.8. The Bertz CT molecular complexity index is 1320. The second-order valence-corrected chi connectivity index (χ2v) is 10.1. The minimum atomic E-state index is -0.462. The summed E-state index contributed by atoms with van der Waals surface area (Å²) in [6.07, 6.45) is 1.69. The molecule has 188 valence electrons. The molecule has 1 aromatic heterocycles. The lowest BCUT2D eigenvalue weighted by Crippen LogP contribution is -2.15. The quantitative estimate of drug-likeness (QED) is 0.203. The van der Waals surface area contributed by atoms with E-state index in [1.165, 1.54) is 35.4 Å². The Labute approximate surface area is 222 Å². The molecule has 4 rings (SSSR count). The number of methoxy groups -OCH3 is 2. The van der Waals surface area contributed by atoms with Crippen LogP contribution in [0.1, 0.15) is 24.1 Å². The standard InChI is InChI=1S/C26H24ClF2N3O2S2/c1-16(19-6-4-5-7-21(19)28)31-23-14-22(29)25(13-20(23)27)36-32(26-30-10-11-35-26)15-17-8-9-18(33-2)12-24(17)34-3/h4-14,16,31H,15H2,1-3H3/t16-/m0/s1. The Balaban J connectivity index is 1.58. The molecule has 0 unspecified atom stereocenters. The van der Waals surface area contributed by atoms with Crippen LogP contribution < -0.4 is 19.1 Å². The van der Waals surface area contributed by atoms with Crippen molar-refractivity contribution in [2.24, 2.45) is 0 Å². The van der Waals surface area contributed by atoms with Crippen molar-refractivity contribution in [1.82, 2.24) is 4.98 Å². The number of ether oxygens (including phenoxy) is 2. The molecule has 0 aliphatic rings. The van der Waals surface area contributed by atoms with Crippen molar-refractivity contribution in [1.29, 1.82) is 0 Å². The maximum absolute atomic E-state index is 15.3. The lowest BCUT2D eigenvalue weighted by atomic mass is 10.1. The lowest BCUT2D eigenvalue weighted by molar-refractivity contribution is 0.391. The van der Waals surface area contributed by atoms with Crippen molar-refractivity contribution in [2.75, 3.05) is 23.8 Å². The fraction of sp³-hybridized carbons (Fsp3) is 0.192. The molecule has 4 aromatic rings. The minimum Gasteiger partial charge on any atom is -0.497 e. The van der Waals surface area contributed by atoms with Crippen LogP contribution in [0.2, 0.25) is 5.02 Å². The summed E-state index contributed by atoms with van der Waals surface area (Å²) in [5, 5.41) is 5.98. The molecule has 36 heavy (non-hydrogen) atoms. The Morgan fingerprint density at radius 3 is 2.58 bits per heavy atom. The first-order valence-electron chi connectivity index (χ1n) is 11.0. The van der Waals surface area contributed by atoms with Crippen molar-refractivity contribution >= 4 is 45.7 Å². The maximum atomic E-state index is 15.3. The average Bonchev–Trinajstić information content (AvgIpc) is 3.42. The van der Waals surface area contributed by atoms with Crippen molar-refractivity contribution in [2.45, 2.75) is 24.4 Å². The number of thiazole rings is 1. The van der Waals surface area contributed by atoms with Crippen LogP contribution in [0.15, 0.2) is 71.1 Å². The molecule has 3 aromatic carbocycles. The number of aromatic nitrogens is 1. The zero-order valence-corrected chi connectivity index (χ0v) is 22.2. The summed E-state index contributed by atoms with van der Waals surface area (Å²) in [7, 11) is 3.18. The topological polar surface area (TPSA) is 46.6 Å². The molecule has 0 radical (unpaired) electrons. The second-order valence-electron chi connectivity index (χ2n) is 7.77. The van der Waals surface area contributed by atoms with Gasteiger partial charge in [0.2, 0.25) is 0 Å². The molecule has 1 N–H and O–H groups in total. The second kappa shape index (κ2) is 11.8. The number of hydrogen-bond acceptors (Lipinski definition) is 7. The van der Waals surface area contributed by atoms with Gasteiger partial charge in [0.05, 0.1) is 42.4 Å². The molecular weight excluding hydrogens is 524 g/mol. The molecule has 0 saturated heterocycles. The molecule has 1 atom stereocenters. The Kier molecular flexibility index (Phi) is 8.56. The number of halogens is 3. The molecule has 0 amide bonds. The number of anilines is 2. The highest BCUT2D eigenvalue weighted by Crippen LogP contribution is 2.39. The third kappa shape index (κ3) is 6.03. The van der Waals surface area contributed by atoms with Gasteiger partial charge < -0.3 is 14.8 Å². The predicted octanol–water partition coefficient (Wildman–Crippen LogP) is 7.98. The highest BCUT2D eigenvalue weighted by Gasteiger charge is 2.20. The fourth-order valence-corrected chi connectivity index (χ4v) is 5.53. The van der Waals surface area contributed by atoms with Crippen molar-refractivity contribution in [3.05, 3.63) is 94.0 Å². The highest BCUT2D eigenvalue weighted by molar-refractivity contribution is 8.00. The van der Waals surface area contributed by atoms with Gasteiger partial charge in [-0.2, -0.15) is 0 Å². The Morgan fingerprint density at radius 2 is 1.89 bits per heavy atom. The van der Waals surface area contributed by atoms with Gasteiger partial charge in [-0.1, -0.05) is 29.8 Å². The first-order valence-corrected chi connectivity index (χ1v) is 13.0. The largest absolute Gasteiger partial charge is 0.497 e. The average molecular weight is 548 g/mol. The van der Waals surface area contributed by atoms with Crippen LogP contribution in [-0.2, 0) is 6.54 Å². The first-order chi connectivity index (χ1) is 17.4. The van der Waals surface area contributed by atoms with E-state index in [2.05, 4.69) is 10.3 Å². The molecule has 0 fully saturated rings.